The highest BCUT2D eigenvalue weighted by molar-refractivity contribution is 6.01. The lowest BCUT2D eigenvalue weighted by molar-refractivity contribution is -0.126. The van der Waals surface area contributed by atoms with Crippen LogP contribution in [0, 0.1) is 5.92 Å². The number of phenols is 2. The molecule has 0 unspecified atom stereocenters. The summed E-state index contributed by atoms with van der Waals surface area (Å²) in [6.07, 6.45) is 1.68. The second-order valence-electron chi connectivity index (χ2n) is 10.5. The molecule has 0 radical (unpaired) electrons. The Labute approximate surface area is 241 Å². The van der Waals surface area contributed by atoms with E-state index in [4.69, 9.17) is 14.2 Å². The third-order valence-electron chi connectivity index (χ3n) is 7.82. The summed E-state index contributed by atoms with van der Waals surface area (Å²) in [5.41, 5.74) is 0.646. The molecule has 1 spiro atoms. The Kier molecular flexibility index (Phi) is 7.44. The number of amides is 2. The zero-order valence-electron chi connectivity index (χ0n) is 22.8. The molecule has 3 aromatic rings. The Bertz CT molecular complexity index is 1500. The summed E-state index contributed by atoms with van der Waals surface area (Å²) >= 11 is 0. The number of carbonyl (C=O) groups is 3. The van der Waals surface area contributed by atoms with Crippen LogP contribution in [0.2, 0.25) is 0 Å². The Morgan fingerprint density at radius 2 is 1.50 bits per heavy atom. The van der Waals surface area contributed by atoms with Gasteiger partial charge >= 0.3 is 5.97 Å². The van der Waals surface area contributed by atoms with Crippen molar-refractivity contribution in [2.75, 3.05) is 39.4 Å². The van der Waals surface area contributed by atoms with Gasteiger partial charge < -0.3 is 40.4 Å². The van der Waals surface area contributed by atoms with Gasteiger partial charge in [-0.3, -0.25) is 9.59 Å². The van der Waals surface area contributed by atoms with Crippen molar-refractivity contribution in [3.8, 4) is 23.0 Å². The minimum atomic E-state index is -1.39. The van der Waals surface area contributed by atoms with Crippen molar-refractivity contribution in [3.63, 3.8) is 0 Å². The molecule has 5 N–H and O–H groups in total. The predicted molar refractivity (Wildman–Crippen MR) is 150 cm³/mol. The number of piperidine rings is 1. The van der Waals surface area contributed by atoms with Gasteiger partial charge in [0.2, 0.25) is 5.91 Å². The van der Waals surface area contributed by atoms with E-state index in [1.54, 1.807) is 24.3 Å². The molecule has 11 heteroatoms. The van der Waals surface area contributed by atoms with Crippen LogP contribution in [-0.2, 0) is 19.9 Å². The summed E-state index contributed by atoms with van der Waals surface area (Å²) in [7, 11) is 0. The van der Waals surface area contributed by atoms with Crippen molar-refractivity contribution >= 4 is 17.8 Å². The van der Waals surface area contributed by atoms with Crippen LogP contribution in [0.1, 0.15) is 50.2 Å². The number of hydrogen-bond donors (Lipinski definition) is 5. The fraction of sp³-hybridized carbons (Fsp3) is 0.323. The number of rotatable bonds is 8. The highest BCUT2D eigenvalue weighted by Gasteiger charge is 2.53. The van der Waals surface area contributed by atoms with E-state index in [0.717, 1.165) is 25.9 Å². The molecule has 3 aliphatic heterocycles. The maximum absolute atomic E-state index is 13.2. The Morgan fingerprint density at radius 1 is 0.881 bits per heavy atom. The van der Waals surface area contributed by atoms with Crippen molar-refractivity contribution in [1.82, 2.24) is 16.0 Å². The van der Waals surface area contributed by atoms with E-state index in [9.17, 15) is 24.6 Å². The number of carbonyl (C=O) groups excluding carboxylic acids is 3. The van der Waals surface area contributed by atoms with Gasteiger partial charge in [0.1, 0.15) is 23.0 Å². The number of benzene rings is 3. The number of aromatic hydroxyl groups is 2. The molecule has 42 heavy (non-hydrogen) atoms. The van der Waals surface area contributed by atoms with E-state index in [2.05, 4.69) is 16.0 Å². The van der Waals surface area contributed by atoms with E-state index in [0.29, 0.717) is 29.8 Å². The third-order valence-corrected chi connectivity index (χ3v) is 7.82. The smallest absolute Gasteiger partial charge is 0.340 e. The van der Waals surface area contributed by atoms with E-state index in [1.807, 2.05) is 0 Å². The van der Waals surface area contributed by atoms with Crippen LogP contribution in [0.15, 0.2) is 54.6 Å². The molecule has 218 valence electrons. The minimum Gasteiger partial charge on any atom is -0.508 e. The summed E-state index contributed by atoms with van der Waals surface area (Å²) in [4.78, 5) is 38.3. The average molecular weight is 574 g/mol. The number of hydrogen-bond acceptors (Lipinski definition) is 9. The molecule has 3 heterocycles. The maximum atomic E-state index is 13.2. The number of ether oxygens (including phenoxy) is 3. The fourth-order valence-corrected chi connectivity index (χ4v) is 5.76. The fourth-order valence-electron chi connectivity index (χ4n) is 5.76. The zero-order chi connectivity index (χ0) is 29.3. The van der Waals surface area contributed by atoms with Crippen LogP contribution in [0.4, 0.5) is 0 Å². The van der Waals surface area contributed by atoms with Gasteiger partial charge in [0.15, 0.2) is 5.60 Å². The SMILES string of the molecule is O=C(NCCOCCNC(=O)C1CCNCC1)c1ccc2c(c1)C(=O)OC21c2ccc(O)cc2Oc2cc(O)ccc21. The van der Waals surface area contributed by atoms with Crippen LogP contribution in [0.3, 0.4) is 0 Å². The molecule has 2 amide bonds. The maximum Gasteiger partial charge on any atom is 0.340 e. The number of nitrogens with one attached hydrogen (secondary N) is 3. The average Bonchev–Trinajstić information content (AvgIpc) is 3.28. The summed E-state index contributed by atoms with van der Waals surface area (Å²) in [5.74, 6) is -0.406. The lowest BCUT2D eigenvalue weighted by Crippen LogP contribution is -2.39. The Morgan fingerprint density at radius 3 is 2.17 bits per heavy atom. The second-order valence-corrected chi connectivity index (χ2v) is 10.5. The molecule has 0 atom stereocenters. The molecule has 3 aliphatic rings. The molecule has 0 saturated carbocycles. The molecule has 11 nitrogen and oxygen atoms in total. The summed E-state index contributed by atoms with van der Waals surface area (Å²) in [5, 5.41) is 29.0. The van der Waals surface area contributed by atoms with Crippen LogP contribution >= 0.6 is 0 Å². The molecular weight excluding hydrogens is 542 g/mol. The first-order valence-electron chi connectivity index (χ1n) is 13.9. The normalized spacial score (nSPS) is 16.5. The molecular formula is C31H31N3O8. The van der Waals surface area contributed by atoms with Crippen LogP contribution < -0.4 is 20.7 Å². The van der Waals surface area contributed by atoms with Crippen molar-refractivity contribution in [2.24, 2.45) is 5.92 Å². The van der Waals surface area contributed by atoms with Gasteiger partial charge in [-0.25, -0.2) is 4.79 Å². The van der Waals surface area contributed by atoms with Crippen LogP contribution in [-0.4, -0.2) is 67.4 Å². The molecule has 1 saturated heterocycles. The van der Waals surface area contributed by atoms with Crippen LogP contribution in [0.5, 0.6) is 23.0 Å². The predicted octanol–water partition coefficient (Wildman–Crippen LogP) is 2.53. The lowest BCUT2D eigenvalue weighted by Gasteiger charge is -2.36. The molecule has 6 rings (SSSR count). The second kappa shape index (κ2) is 11.3. The summed E-state index contributed by atoms with van der Waals surface area (Å²) < 4.78 is 17.5. The molecule has 3 aromatic carbocycles. The molecule has 0 bridgehead atoms. The highest BCUT2D eigenvalue weighted by atomic mass is 16.6. The van der Waals surface area contributed by atoms with Gasteiger partial charge in [-0.05, 0) is 62.3 Å². The number of esters is 1. The van der Waals surface area contributed by atoms with Gasteiger partial charge in [-0.15, -0.1) is 0 Å². The summed E-state index contributed by atoms with van der Waals surface area (Å²) in [6.45, 7) is 2.96. The van der Waals surface area contributed by atoms with E-state index in [-0.39, 0.29) is 65.0 Å². The number of phenolic OH excluding ortho intramolecular Hbond substituents is 2. The summed E-state index contributed by atoms with van der Waals surface area (Å²) in [6, 6.07) is 13.8. The van der Waals surface area contributed by atoms with Gasteiger partial charge in [0, 0.05) is 53.4 Å². The first kappa shape index (κ1) is 27.6. The van der Waals surface area contributed by atoms with Crippen LogP contribution in [0.25, 0.3) is 0 Å². The first-order valence-corrected chi connectivity index (χ1v) is 13.9. The van der Waals surface area contributed by atoms with E-state index >= 15 is 0 Å². The van der Waals surface area contributed by atoms with Gasteiger partial charge in [-0.1, -0.05) is 6.07 Å². The van der Waals surface area contributed by atoms with Crippen molar-refractivity contribution in [1.29, 1.82) is 0 Å². The van der Waals surface area contributed by atoms with Gasteiger partial charge in [-0.2, -0.15) is 0 Å². The Hall–Kier alpha value is -4.61. The largest absolute Gasteiger partial charge is 0.508 e. The Balaban J connectivity index is 1.11. The standard InChI is InChI=1S/C31H31N3O8/c35-20-2-5-24-26(16-20)41-27-17-21(36)3-6-25(27)31(24)23-4-1-19(15-22(23)30(39)42-31)29(38)34-12-14-40-13-11-33-28(37)18-7-9-32-10-8-18/h1-6,15-18,32,35-36H,7-14H2,(H,33,37)(H,34,38). The first-order chi connectivity index (χ1) is 20.4. The molecule has 0 aliphatic carbocycles. The van der Waals surface area contributed by atoms with Gasteiger partial charge in [0.05, 0.1) is 18.8 Å². The third kappa shape index (κ3) is 5.01. The van der Waals surface area contributed by atoms with Gasteiger partial charge in [0.25, 0.3) is 5.91 Å². The van der Waals surface area contributed by atoms with Crippen molar-refractivity contribution < 1.29 is 38.8 Å². The molecule has 1 fully saturated rings. The monoisotopic (exact) mass is 573 g/mol. The van der Waals surface area contributed by atoms with E-state index in [1.165, 1.54) is 30.3 Å². The van der Waals surface area contributed by atoms with Crippen molar-refractivity contribution in [2.45, 2.75) is 18.4 Å². The number of fused-ring (bicyclic) bond motifs is 6. The van der Waals surface area contributed by atoms with E-state index < -0.39 is 11.6 Å². The zero-order valence-corrected chi connectivity index (χ0v) is 22.8. The van der Waals surface area contributed by atoms with Crippen molar-refractivity contribution in [3.05, 3.63) is 82.4 Å². The lowest BCUT2D eigenvalue weighted by atomic mass is 9.77. The molecule has 0 aromatic heterocycles. The highest BCUT2D eigenvalue weighted by Crippen LogP contribution is 2.57. The quantitative estimate of drug-likeness (QED) is 0.202. The topological polar surface area (TPSA) is 155 Å². The minimum absolute atomic E-state index is 0.0324.